The van der Waals surface area contributed by atoms with Crippen LogP contribution >= 0.6 is 0 Å². The second-order valence-corrected chi connectivity index (χ2v) is 7.50. The smallest absolute Gasteiger partial charge is 0.243 e. The summed E-state index contributed by atoms with van der Waals surface area (Å²) in [6.07, 6.45) is 7.68. The molecule has 0 bridgehead atoms. The summed E-state index contributed by atoms with van der Waals surface area (Å²) in [6, 6.07) is 7.17. The van der Waals surface area contributed by atoms with Crippen LogP contribution in [0.1, 0.15) is 25.3 Å². The molecule has 0 N–H and O–H groups in total. The summed E-state index contributed by atoms with van der Waals surface area (Å²) in [5, 5.41) is 0. The Morgan fingerprint density at radius 2 is 1.91 bits per heavy atom. The van der Waals surface area contributed by atoms with Crippen LogP contribution in [0.5, 0.6) is 0 Å². The number of aryl methyl sites for hydroxylation is 1. The van der Waals surface area contributed by atoms with E-state index in [-0.39, 0.29) is 0 Å². The zero-order valence-corrected chi connectivity index (χ0v) is 13.8. The Labute approximate surface area is 133 Å². The molecule has 0 aliphatic carbocycles. The van der Waals surface area contributed by atoms with Gasteiger partial charge in [-0.1, -0.05) is 25.0 Å². The molecule has 0 unspecified atom stereocenters. The van der Waals surface area contributed by atoms with E-state index >= 15 is 0 Å². The number of terminal acetylenes is 1. The number of benzene rings is 1. The molecule has 1 heterocycles. The molecule has 5 heteroatoms. The second kappa shape index (κ2) is 7.77. The van der Waals surface area contributed by atoms with E-state index in [9.17, 15) is 8.42 Å². The van der Waals surface area contributed by atoms with Crippen molar-refractivity contribution in [3.8, 4) is 12.3 Å². The third-order valence-electron chi connectivity index (χ3n) is 4.08. The highest BCUT2D eigenvalue weighted by Gasteiger charge is 2.29. The van der Waals surface area contributed by atoms with Gasteiger partial charge >= 0.3 is 0 Å². The van der Waals surface area contributed by atoms with Crippen molar-refractivity contribution in [2.45, 2.75) is 31.1 Å². The van der Waals surface area contributed by atoms with Crippen molar-refractivity contribution in [1.29, 1.82) is 0 Å². The van der Waals surface area contributed by atoms with Crippen LogP contribution < -0.4 is 0 Å². The zero-order chi connectivity index (χ0) is 16.0. The first-order valence-electron chi connectivity index (χ1n) is 7.68. The van der Waals surface area contributed by atoms with E-state index in [1.165, 1.54) is 0 Å². The van der Waals surface area contributed by atoms with E-state index in [4.69, 9.17) is 11.2 Å². The number of hydrogen-bond donors (Lipinski definition) is 0. The minimum absolute atomic E-state index is 0.322. The number of rotatable bonds is 6. The van der Waals surface area contributed by atoms with E-state index < -0.39 is 10.0 Å². The van der Waals surface area contributed by atoms with Crippen molar-refractivity contribution in [2.75, 3.05) is 26.3 Å². The molecule has 2 rings (SSSR count). The van der Waals surface area contributed by atoms with Gasteiger partial charge in [0.05, 0.1) is 11.5 Å². The van der Waals surface area contributed by atoms with Gasteiger partial charge in [0, 0.05) is 13.1 Å². The lowest BCUT2D eigenvalue weighted by molar-refractivity contribution is 0.101. The Hall–Kier alpha value is -1.35. The second-order valence-electron chi connectivity index (χ2n) is 5.56. The molecule has 1 aromatic rings. The fourth-order valence-electron chi connectivity index (χ4n) is 2.65. The average molecular weight is 321 g/mol. The Balaban J connectivity index is 1.95. The third kappa shape index (κ3) is 4.10. The highest BCUT2D eigenvalue weighted by Crippen LogP contribution is 2.24. The fraction of sp³-hybridized carbons (Fsp3) is 0.529. The largest absolute Gasteiger partial charge is 0.369 e. The number of piperidine rings is 1. The first-order valence-corrected chi connectivity index (χ1v) is 9.12. The zero-order valence-electron chi connectivity index (χ0n) is 13.0. The van der Waals surface area contributed by atoms with E-state index in [0.29, 0.717) is 37.1 Å². The number of nitrogens with zero attached hydrogens (tertiary/aromatic N) is 1. The molecule has 120 valence electrons. The number of hydrogen-bond acceptors (Lipinski definition) is 3. The standard InChI is InChI=1S/C17H23NO3S/c1-3-13-21-14-16-9-11-18(12-10-16)22(19,20)17-7-5-15(4-2)6-8-17/h1,5-8,16H,4,9-14H2,2H3. The lowest BCUT2D eigenvalue weighted by Crippen LogP contribution is -2.39. The summed E-state index contributed by atoms with van der Waals surface area (Å²) >= 11 is 0. The Kier molecular flexibility index (Phi) is 6.01. The SMILES string of the molecule is C#CCOCC1CCN(S(=O)(=O)c2ccc(CC)cc2)CC1. The quantitative estimate of drug-likeness (QED) is 0.597. The Morgan fingerprint density at radius 1 is 1.27 bits per heavy atom. The van der Waals surface area contributed by atoms with Gasteiger partial charge in [-0.3, -0.25) is 0 Å². The van der Waals surface area contributed by atoms with Crippen molar-refractivity contribution < 1.29 is 13.2 Å². The van der Waals surface area contributed by atoms with Crippen LogP contribution in [0.4, 0.5) is 0 Å². The van der Waals surface area contributed by atoms with E-state index in [1.54, 1.807) is 16.4 Å². The molecule has 0 amide bonds. The maximum Gasteiger partial charge on any atom is 0.243 e. The van der Waals surface area contributed by atoms with Gasteiger partial charge in [-0.2, -0.15) is 4.31 Å². The van der Waals surface area contributed by atoms with Crippen molar-refractivity contribution in [3.05, 3.63) is 29.8 Å². The van der Waals surface area contributed by atoms with E-state index in [0.717, 1.165) is 24.8 Å². The van der Waals surface area contributed by atoms with Crippen LogP contribution in [-0.4, -0.2) is 39.0 Å². The fourth-order valence-corrected chi connectivity index (χ4v) is 4.12. The summed E-state index contributed by atoms with van der Waals surface area (Å²) < 4.78 is 32.2. The molecule has 1 aliphatic heterocycles. The molecule has 1 saturated heterocycles. The predicted molar refractivity (Wildman–Crippen MR) is 87.0 cm³/mol. The predicted octanol–water partition coefficient (Wildman–Crippen LogP) is 2.30. The normalized spacial score (nSPS) is 17.3. The lowest BCUT2D eigenvalue weighted by atomic mass is 9.99. The first kappa shape index (κ1) is 17.0. The van der Waals surface area contributed by atoms with E-state index in [1.807, 2.05) is 12.1 Å². The van der Waals surface area contributed by atoms with Gasteiger partial charge in [-0.15, -0.1) is 6.42 Å². The van der Waals surface area contributed by atoms with Gasteiger partial charge < -0.3 is 4.74 Å². The molecule has 0 radical (unpaired) electrons. The van der Waals surface area contributed by atoms with Gasteiger partial charge in [0.1, 0.15) is 6.61 Å². The van der Waals surface area contributed by atoms with Gasteiger partial charge in [-0.25, -0.2) is 8.42 Å². The molecule has 4 nitrogen and oxygen atoms in total. The third-order valence-corrected chi connectivity index (χ3v) is 5.99. The molecule has 0 saturated carbocycles. The van der Waals surface area contributed by atoms with Crippen LogP contribution in [0.25, 0.3) is 0 Å². The van der Waals surface area contributed by atoms with Crippen LogP contribution in [0, 0.1) is 18.3 Å². The first-order chi connectivity index (χ1) is 10.6. The molecular formula is C17H23NO3S. The molecule has 1 aliphatic rings. The molecule has 0 aromatic heterocycles. The highest BCUT2D eigenvalue weighted by molar-refractivity contribution is 7.89. The monoisotopic (exact) mass is 321 g/mol. The minimum atomic E-state index is -3.38. The molecule has 0 atom stereocenters. The molecule has 0 spiro atoms. The molecule has 22 heavy (non-hydrogen) atoms. The number of sulfonamides is 1. The minimum Gasteiger partial charge on any atom is -0.369 e. The topological polar surface area (TPSA) is 46.6 Å². The molecule has 1 aromatic carbocycles. The van der Waals surface area contributed by atoms with Gasteiger partial charge in [0.25, 0.3) is 0 Å². The van der Waals surface area contributed by atoms with Crippen LogP contribution in [-0.2, 0) is 21.2 Å². The molecular weight excluding hydrogens is 298 g/mol. The van der Waals surface area contributed by atoms with Crippen LogP contribution in [0.2, 0.25) is 0 Å². The van der Waals surface area contributed by atoms with Gasteiger partial charge in [-0.05, 0) is 42.9 Å². The van der Waals surface area contributed by atoms with Crippen molar-refractivity contribution in [3.63, 3.8) is 0 Å². The summed E-state index contributed by atoms with van der Waals surface area (Å²) in [4.78, 5) is 0.381. The van der Waals surface area contributed by atoms with Crippen molar-refractivity contribution in [2.24, 2.45) is 5.92 Å². The molecule has 1 fully saturated rings. The van der Waals surface area contributed by atoms with Crippen LogP contribution in [0.15, 0.2) is 29.2 Å². The number of ether oxygens (including phenoxy) is 1. The maximum atomic E-state index is 12.6. The Morgan fingerprint density at radius 3 is 2.45 bits per heavy atom. The lowest BCUT2D eigenvalue weighted by Gasteiger charge is -2.31. The summed E-state index contributed by atoms with van der Waals surface area (Å²) in [5.41, 5.74) is 1.14. The average Bonchev–Trinajstić information content (AvgIpc) is 2.55. The van der Waals surface area contributed by atoms with Crippen molar-refractivity contribution >= 4 is 10.0 Å². The van der Waals surface area contributed by atoms with E-state index in [2.05, 4.69) is 12.8 Å². The maximum absolute atomic E-state index is 12.6. The van der Waals surface area contributed by atoms with Gasteiger partial charge in [0.15, 0.2) is 0 Å². The summed E-state index contributed by atoms with van der Waals surface area (Å²) in [7, 11) is -3.38. The van der Waals surface area contributed by atoms with Crippen LogP contribution in [0.3, 0.4) is 0 Å². The van der Waals surface area contributed by atoms with Gasteiger partial charge in [0.2, 0.25) is 10.0 Å². The van der Waals surface area contributed by atoms with Crippen molar-refractivity contribution in [1.82, 2.24) is 4.31 Å². The summed E-state index contributed by atoms with van der Waals surface area (Å²) in [6.45, 7) is 4.08. The highest BCUT2D eigenvalue weighted by atomic mass is 32.2. The Bertz CT molecular complexity index is 608. The summed E-state index contributed by atoms with van der Waals surface area (Å²) in [5.74, 6) is 2.83.